The second kappa shape index (κ2) is 11.1. The molecule has 3 aromatic heterocycles. The molecule has 0 aliphatic carbocycles. The van der Waals surface area contributed by atoms with Gasteiger partial charge in [0.1, 0.15) is 48.5 Å². The van der Waals surface area contributed by atoms with E-state index in [4.69, 9.17) is 45.1 Å². The lowest BCUT2D eigenvalue weighted by Crippen LogP contribution is -2.36. The van der Waals surface area contributed by atoms with E-state index in [0.717, 1.165) is 0 Å². The van der Waals surface area contributed by atoms with Crippen LogP contribution in [0.1, 0.15) is 12.5 Å². The third-order valence-electron chi connectivity index (χ3n) is 7.35. The highest BCUT2D eigenvalue weighted by molar-refractivity contribution is 8.44. The van der Waals surface area contributed by atoms with Crippen molar-refractivity contribution in [2.75, 3.05) is 18.9 Å². The topological polar surface area (TPSA) is 221 Å². The summed E-state index contributed by atoms with van der Waals surface area (Å²) in [4.78, 5) is 27.7. The van der Waals surface area contributed by atoms with E-state index in [2.05, 4.69) is 32.2 Å². The highest BCUT2D eigenvalue weighted by Crippen LogP contribution is 2.58. The number of para-hydroxylation sites is 2. The van der Waals surface area contributed by atoms with Gasteiger partial charge in [0.05, 0.1) is 36.9 Å². The van der Waals surface area contributed by atoms with Crippen LogP contribution in [0.2, 0.25) is 0 Å². The maximum atomic E-state index is 13.4. The van der Waals surface area contributed by atoms with E-state index in [-0.39, 0.29) is 17.0 Å². The molecule has 0 amide bonds. The minimum absolute atomic E-state index is 0.116. The Balaban J connectivity index is 1.20. The first-order valence-electron chi connectivity index (χ1n) is 12.8. The predicted molar refractivity (Wildman–Crippen MR) is 154 cm³/mol. The number of aliphatic hydroxyl groups excluding tert-OH is 2. The molecule has 17 nitrogen and oxygen atoms in total. The van der Waals surface area contributed by atoms with E-state index in [1.165, 1.54) is 23.5 Å². The van der Waals surface area contributed by atoms with Crippen LogP contribution in [-0.4, -0.2) is 94.0 Å². The molecule has 3 aliphatic rings. The fourth-order valence-corrected chi connectivity index (χ4v) is 8.25. The zero-order valence-electron chi connectivity index (χ0n) is 21.8. The van der Waals surface area contributed by atoms with Gasteiger partial charge in [-0.25, -0.2) is 24.5 Å². The summed E-state index contributed by atoms with van der Waals surface area (Å²) in [7, 11) is 0. The predicted octanol–water partition coefficient (Wildman–Crippen LogP) is 1.05. The van der Waals surface area contributed by atoms with Gasteiger partial charge in [0.25, 0.3) is 0 Å². The number of rotatable bonds is 2. The van der Waals surface area contributed by atoms with E-state index in [0.29, 0.717) is 11.0 Å². The number of fused-ring (bicyclic) bond motifs is 5. The molecular weight excluding hydrogens is 648 g/mol. The molecule has 21 heteroatoms. The molecule has 3 fully saturated rings. The van der Waals surface area contributed by atoms with Crippen molar-refractivity contribution in [3.05, 3.63) is 43.2 Å². The van der Waals surface area contributed by atoms with Gasteiger partial charge in [0.2, 0.25) is 0 Å². The number of hydrogen-bond donors (Lipinski definition) is 5. The second-order valence-corrected chi connectivity index (χ2v) is 15.7. The van der Waals surface area contributed by atoms with E-state index in [1.54, 1.807) is 22.8 Å². The second-order valence-electron chi connectivity index (χ2n) is 10.0. The zero-order chi connectivity index (χ0) is 30.1. The Hall–Kier alpha value is -2.09. The molecule has 0 saturated carbocycles. The summed E-state index contributed by atoms with van der Waals surface area (Å²) < 4.78 is 51.1. The first kappa shape index (κ1) is 29.6. The summed E-state index contributed by atoms with van der Waals surface area (Å²) in [6.07, 6.45) is -5.90. The van der Waals surface area contributed by atoms with Crippen LogP contribution in [-0.2, 0) is 43.9 Å². The molecule has 6 unspecified atom stereocenters. The Morgan fingerprint density at radius 2 is 1.67 bits per heavy atom. The van der Waals surface area contributed by atoms with Crippen molar-refractivity contribution in [1.82, 2.24) is 29.1 Å². The number of benzene rings is 1. The molecule has 3 saturated heterocycles. The summed E-state index contributed by atoms with van der Waals surface area (Å²) in [6.45, 7) is -9.27. The van der Waals surface area contributed by atoms with Crippen molar-refractivity contribution in [3.8, 4) is 0 Å². The molecule has 43 heavy (non-hydrogen) atoms. The molecule has 10 atom stereocenters. The maximum Gasteiger partial charge on any atom is 0.386 e. The van der Waals surface area contributed by atoms with Gasteiger partial charge in [-0.15, -0.1) is 0 Å². The van der Waals surface area contributed by atoms with Crippen LogP contribution in [0.25, 0.3) is 22.2 Å². The van der Waals surface area contributed by atoms with Crippen molar-refractivity contribution in [3.63, 3.8) is 0 Å². The van der Waals surface area contributed by atoms with Crippen molar-refractivity contribution in [2.24, 2.45) is 0 Å². The number of nitrogens with zero attached hydrogens (tertiary/aromatic N) is 6. The molecule has 0 radical (unpaired) electrons. The summed E-state index contributed by atoms with van der Waals surface area (Å²) in [5.41, 5.74) is 7.73. The maximum absolute atomic E-state index is 13.4. The summed E-state index contributed by atoms with van der Waals surface area (Å²) >= 11 is 9.39. The third kappa shape index (κ3) is 5.42. The molecule has 1 aromatic carbocycles. The van der Waals surface area contributed by atoms with Crippen LogP contribution < -0.4 is 5.73 Å². The number of thiol groups is 1. The number of ether oxygens (including phenoxy) is 2. The van der Waals surface area contributed by atoms with Crippen LogP contribution in [0.4, 0.5) is 5.82 Å². The molecule has 230 valence electrons. The minimum Gasteiger partial charge on any atom is -0.387 e. The largest absolute Gasteiger partial charge is 0.387 e. The molecule has 3 aliphatic heterocycles. The molecule has 5 N–H and O–H groups in total. The van der Waals surface area contributed by atoms with Crippen LogP contribution in [0.5, 0.6) is 0 Å². The third-order valence-corrected chi connectivity index (χ3v) is 10.5. The normalized spacial score (nSPS) is 38.9. The Bertz CT molecular complexity index is 1780. The lowest BCUT2D eigenvalue weighted by atomic mass is 10.1. The van der Waals surface area contributed by atoms with Gasteiger partial charge in [-0.2, -0.15) is 0 Å². The molecule has 2 bridgehead atoms. The van der Waals surface area contributed by atoms with Crippen LogP contribution in [0, 0.1) is 0 Å². The van der Waals surface area contributed by atoms with Gasteiger partial charge in [-0.3, -0.25) is 18.1 Å². The first-order chi connectivity index (χ1) is 20.5. The lowest BCUT2D eigenvalue weighted by molar-refractivity contribution is -0.0593. The molecule has 7 rings (SSSR count). The Morgan fingerprint density at radius 3 is 2.51 bits per heavy atom. The zero-order valence-corrected chi connectivity index (χ0v) is 25.3. The Labute approximate surface area is 252 Å². The number of imidazole rings is 2. The molecule has 4 aromatic rings. The van der Waals surface area contributed by atoms with Gasteiger partial charge in [0, 0.05) is 0 Å². The van der Waals surface area contributed by atoms with Crippen LogP contribution in [0.3, 0.4) is 0 Å². The summed E-state index contributed by atoms with van der Waals surface area (Å²) in [6, 6.07) is 7.21. The van der Waals surface area contributed by atoms with Gasteiger partial charge in [0.15, 0.2) is 23.9 Å². The highest BCUT2D eigenvalue weighted by atomic mass is 32.7. The Kier molecular flexibility index (Phi) is 7.62. The summed E-state index contributed by atoms with van der Waals surface area (Å²) in [5, 5.41) is 22.4. The van der Waals surface area contributed by atoms with E-state index >= 15 is 0 Å². The van der Waals surface area contributed by atoms with E-state index in [9.17, 15) is 19.7 Å². The first-order valence-corrected chi connectivity index (χ1v) is 18.1. The van der Waals surface area contributed by atoms with Crippen molar-refractivity contribution in [2.45, 2.75) is 49.1 Å². The number of nitrogen functional groups attached to an aromatic ring is 1. The van der Waals surface area contributed by atoms with Crippen molar-refractivity contribution in [1.29, 1.82) is 0 Å². The number of nitrogens with two attached hydrogens (primary N) is 1. The number of aromatic nitrogens is 6. The van der Waals surface area contributed by atoms with Crippen molar-refractivity contribution < 1.29 is 47.2 Å². The quantitative estimate of drug-likeness (QED) is 0.148. The van der Waals surface area contributed by atoms with Gasteiger partial charge >= 0.3 is 13.5 Å². The average Bonchev–Trinajstić information content (AvgIpc) is 3.72. The van der Waals surface area contributed by atoms with Crippen molar-refractivity contribution >= 4 is 65.6 Å². The fraction of sp³-hybridized carbons (Fsp3) is 0.455. The summed E-state index contributed by atoms with van der Waals surface area (Å²) in [5.74, 6) is 0.116. The number of aliphatic hydroxyl groups is 2. The SMILES string of the molecule is Nc1ncnc2c1ncn2[C@@H]1O[C@@H]2COP(O)(=S)OC3C(O)[C@@H](COP(=O)(S)OC2C1O)O[C@H]3n1cnc2ccccc21. The lowest BCUT2D eigenvalue weighted by Gasteiger charge is -2.27. The fourth-order valence-electron chi connectivity index (χ4n) is 5.35. The van der Waals surface area contributed by atoms with E-state index < -0.39 is 75.8 Å². The van der Waals surface area contributed by atoms with E-state index in [1.807, 2.05) is 6.07 Å². The minimum atomic E-state index is -4.23. The van der Waals surface area contributed by atoms with Gasteiger partial charge in [-0.05, 0) is 23.9 Å². The Morgan fingerprint density at radius 1 is 0.930 bits per heavy atom. The standard InChI is InChI=1S/C22H25N7O10P2S2/c23-19-14-20(25-7-24-19)29(9-27-14)21-16(31)17-13(37-21)6-35-41(33,43)39-18-15(30)12(5-34-40(32,42)38-17)36-22(18)28-8-26-10-3-1-2-4-11(10)28/h1-4,7-9,12-13,15-18,21-22,30-31H,5-6H2,(H,32,42)(H,33,43)(H2,23,24,25)/t12-,13-,15?,16?,17?,18?,21-,22-,40?,41?/m1/s1. The highest BCUT2D eigenvalue weighted by Gasteiger charge is 2.52. The van der Waals surface area contributed by atoms with Crippen LogP contribution >= 0.6 is 25.8 Å². The number of hydrogen-bond acceptors (Lipinski definition) is 15. The average molecular weight is 674 g/mol. The molecule has 0 spiro atoms. The molecule has 6 heterocycles. The number of anilines is 1. The monoisotopic (exact) mass is 673 g/mol. The molecular formula is C22H25N7O10P2S2. The van der Waals surface area contributed by atoms with Crippen LogP contribution in [0.15, 0.2) is 43.2 Å². The van der Waals surface area contributed by atoms with Gasteiger partial charge in [-0.1, -0.05) is 24.4 Å². The smallest absolute Gasteiger partial charge is 0.386 e. The van der Waals surface area contributed by atoms with Gasteiger partial charge < -0.3 is 39.4 Å².